The van der Waals surface area contributed by atoms with E-state index in [1.165, 1.54) is 54.6 Å². The number of aromatic nitrogens is 1. The van der Waals surface area contributed by atoms with Crippen molar-refractivity contribution in [2.45, 2.75) is 0 Å². The third kappa shape index (κ3) is 4.43. The topological polar surface area (TPSA) is 29.3 Å². The average Bonchev–Trinajstić information content (AvgIpc) is 3.78. The lowest BCUT2D eigenvalue weighted by Gasteiger charge is -2.26. The number of nitrogens with zero attached hydrogens (tertiary/aromatic N) is 2. The van der Waals surface area contributed by atoms with Crippen molar-refractivity contribution in [2.75, 3.05) is 4.90 Å². The van der Waals surface area contributed by atoms with Gasteiger partial charge in [0, 0.05) is 39.1 Å². The molecule has 0 aliphatic heterocycles. The molecule has 0 fully saturated rings. The van der Waals surface area contributed by atoms with Crippen LogP contribution in [0, 0.1) is 0 Å². The lowest BCUT2D eigenvalue weighted by molar-refractivity contribution is 0.590. The van der Waals surface area contributed by atoms with Gasteiger partial charge in [-0.15, -0.1) is 0 Å². The fraction of sp³-hybridized carbons (Fsp3) is 0. The molecule has 3 nitrogen and oxygen atoms in total. The Bertz CT molecular complexity index is 2830. The summed E-state index contributed by atoms with van der Waals surface area (Å²) in [6, 6.07) is 64.9. The molecule has 0 atom stereocenters. The molecule has 0 saturated carbocycles. The highest BCUT2D eigenvalue weighted by Crippen LogP contribution is 2.52. The number of anilines is 3. The Kier molecular flexibility index (Phi) is 6.25. The standard InChI is InChI=1S/C49H30N2O/c1-3-8-31(9-4-1)33-16-23-39(24-17-33)51(40-25-18-34(19-26-40)32-10-5-2-6-11-32)41-27-20-37(21-28-41)49-50-47-42-29-22-36-15-14-35-12-7-13-38-30-43(48(47)52-49)46(42)45(36)44(35)38/h1-30H. The van der Waals surface area contributed by atoms with Gasteiger partial charge >= 0.3 is 0 Å². The maximum Gasteiger partial charge on any atom is 0.227 e. The minimum absolute atomic E-state index is 0.631. The lowest BCUT2D eigenvalue weighted by Crippen LogP contribution is -2.09. The smallest absolute Gasteiger partial charge is 0.227 e. The van der Waals surface area contributed by atoms with E-state index in [2.05, 4.69) is 187 Å². The minimum atomic E-state index is 0.631. The minimum Gasteiger partial charge on any atom is -0.435 e. The third-order valence-corrected chi connectivity index (χ3v) is 10.6. The van der Waals surface area contributed by atoms with Gasteiger partial charge in [0.2, 0.25) is 5.89 Å². The molecule has 0 saturated heterocycles. The summed E-state index contributed by atoms with van der Waals surface area (Å²) in [4.78, 5) is 7.43. The van der Waals surface area contributed by atoms with Crippen molar-refractivity contribution >= 4 is 49.4 Å². The predicted molar refractivity (Wildman–Crippen MR) is 216 cm³/mol. The highest BCUT2D eigenvalue weighted by atomic mass is 16.4. The fourth-order valence-corrected chi connectivity index (χ4v) is 8.10. The molecule has 0 N–H and O–H groups in total. The molecule has 1 heterocycles. The van der Waals surface area contributed by atoms with E-state index >= 15 is 0 Å². The molecule has 0 radical (unpaired) electrons. The van der Waals surface area contributed by atoms with E-state index in [1.54, 1.807) is 0 Å². The summed E-state index contributed by atoms with van der Waals surface area (Å²) in [7, 11) is 0. The van der Waals surface area contributed by atoms with Crippen LogP contribution in [0.3, 0.4) is 0 Å². The molecule has 3 heteroatoms. The molecule has 1 aliphatic rings. The van der Waals surface area contributed by atoms with E-state index in [1.807, 2.05) is 0 Å². The number of hydrogen-bond acceptors (Lipinski definition) is 3. The zero-order valence-electron chi connectivity index (χ0n) is 28.1. The van der Waals surface area contributed by atoms with Gasteiger partial charge in [0.1, 0.15) is 5.69 Å². The first-order chi connectivity index (χ1) is 25.8. The second kappa shape index (κ2) is 11.3. The molecule has 242 valence electrons. The number of fused-ring (bicyclic) bond motifs is 3. The van der Waals surface area contributed by atoms with Crippen molar-refractivity contribution < 1.29 is 4.42 Å². The first-order valence-corrected chi connectivity index (χ1v) is 17.7. The van der Waals surface area contributed by atoms with Crippen LogP contribution < -0.4 is 4.90 Å². The molecule has 0 spiro atoms. The van der Waals surface area contributed by atoms with E-state index in [9.17, 15) is 0 Å². The maximum atomic E-state index is 6.66. The largest absolute Gasteiger partial charge is 0.435 e. The van der Waals surface area contributed by atoms with Crippen molar-refractivity contribution in [3.05, 3.63) is 182 Å². The van der Waals surface area contributed by atoms with Crippen molar-refractivity contribution in [3.63, 3.8) is 0 Å². The number of rotatable bonds is 6. The summed E-state index contributed by atoms with van der Waals surface area (Å²) in [5, 5.41) is 7.61. The Morgan fingerprint density at radius 2 is 0.865 bits per heavy atom. The highest BCUT2D eigenvalue weighted by molar-refractivity contribution is 6.31. The van der Waals surface area contributed by atoms with Gasteiger partial charge in [-0.3, -0.25) is 0 Å². The molecule has 0 bridgehead atoms. The van der Waals surface area contributed by atoms with Crippen LogP contribution in [0.1, 0.15) is 0 Å². The summed E-state index contributed by atoms with van der Waals surface area (Å²) in [5.41, 5.74) is 12.1. The van der Waals surface area contributed by atoms with Gasteiger partial charge in [-0.2, -0.15) is 0 Å². The molecule has 1 aliphatic carbocycles. The molecular weight excluding hydrogens is 633 g/mol. The number of hydrogen-bond donors (Lipinski definition) is 0. The van der Waals surface area contributed by atoms with Crippen molar-refractivity contribution in [1.82, 2.24) is 4.98 Å². The van der Waals surface area contributed by atoms with Gasteiger partial charge in [-0.05, 0) is 104 Å². The van der Waals surface area contributed by atoms with E-state index in [4.69, 9.17) is 9.40 Å². The molecule has 0 amide bonds. The van der Waals surface area contributed by atoms with E-state index in [-0.39, 0.29) is 0 Å². The van der Waals surface area contributed by atoms with Crippen LogP contribution in [0.5, 0.6) is 0 Å². The van der Waals surface area contributed by atoms with Crippen LogP contribution in [0.4, 0.5) is 17.1 Å². The zero-order valence-corrected chi connectivity index (χ0v) is 28.1. The average molecular weight is 663 g/mol. The first-order valence-electron chi connectivity index (χ1n) is 17.7. The lowest BCUT2D eigenvalue weighted by atomic mass is 9.91. The van der Waals surface area contributed by atoms with Gasteiger partial charge < -0.3 is 9.32 Å². The van der Waals surface area contributed by atoms with Gasteiger partial charge in [0.05, 0.1) is 0 Å². The second-order valence-corrected chi connectivity index (χ2v) is 13.6. The van der Waals surface area contributed by atoms with Crippen LogP contribution in [-0.2, 0) is 0 Å². The quantitative estimate of drug-likeness (QED) is 0.166. The van der Waals surface area contributed by atoms with Crippen molar-refractivity contribution in [3.8, 4) is 56.3 Å². The second-order valence-electron chi connectivity index (χ2n) is 13.6. The van der Waals surface area contributed by atoms with Crippen LogP contribution in [-0.4, -0.2) is 4.98 Å². The van der Waals surface area contributed by atoms with Crippen LogP contribution >= 0.6 is 0 Å². The Morgan fingerprint density at radius 3 is 1.46 bits per heavy atom. The first kappa shape index (κ1) is 28.8. The molecule has 0 unspecified atom stereocenters. The SMILES string of the molecule is c1ccc(-c2ccc(N(c3ccc(-c4ccccc4)cc3)c3ccc(-c4nc5c(o4)-c4cc6cccc7ccc8ccc-5c4c8c76)cc3)cc2)cc1. The molecule has 9 aromatic carbocycles. The predicted octanol–water partition coefficient (Wildman–Crippen LogP) is 13.7. The van der Waals surface area contributed by atoms with Gasteiger partial charge in [0.15, 0.2) is 5.76 Å². The van der Waals surface area contributed by atoms with Gasteiger partial charge in [0.25, 0.3) is 0 Å². The molecule has 10 aromatic rings. The van der Waals surface area contributed by atoms with E-state index in [0.717, 1.165) is 45.2 Å². The summed E-state index contributed by atoms with van der Waals surface area (Å²) in [6.07, 6.45) is 0. The molecule has 1 aromatic heterocycles. The molecular formula is C49H30N2O. The zero-order chi connectivity index (χ0) is 34.2. The highest BCUT2D eigenvalue weighted by Gasteiger charge is 2.30. The van der Waals surface area contributed by atoms with Crippen LogP contribution in [0.15, 0.2) is 186 Å². The number of oxazole rings is 1. The summed E-state index contributed by atoms with van der Waals surface area (Å²) in [6.45, 7) is 0. The summed E-state index contributed by atoms with van der Waals surface area (Å²) < 4.78 is 6.66. The Hall–Kier alpha value is -6.97. The van der Waals surface area contributed by atoms with Gasteiger partial charge in [-0.25, -0.2) is 4.98 Å². The molecule has 11 rings (SSSR count). The summed E-state index contributed by atoms with van der Waals surface area (Å²) in [5.74, 6) is 1.48. The summed E-state index contributed by atoms with van der Waals surface area (Å²) >= 11 is 0. The van der Waals surface area contributed by atoms with Crippen LogP contribution in [0.25, 0.3) is 88.6 Å². The fourth-order valence-electron chi connectivity index (χ4n) is 8.10. The molecule has 52 heavy (non-hydrogen) atoms. The van der Waals surface area contributed by atoms with E-state index in [0.29, 0.717) is 5.89 Å². The monoisotopic (exact) mass is 662 g/mol. The maximum absolute atomic E-state index is 6.66. The van der Waals surface area contributed by atoms with Gasteiger partial charge in [-0.1, -0.05) is 127 Å². The third-order valence-electron chi connectivity index (χ3n) is 10.6. The van der Waals surface area contributed by atoms with Crippen molar-refractivity contribution in [2.24, 2.45) is 0 Å². The normalized spacial score (nSPS) is 11.8. The Balaban J connectivity index is 0.977. The van der Waals surface area contributed by atoms with Crippen molar-refractivity contribution in [1.29, 1.82) is 0 Å². The Morgan fingerprint density at radius 1 is 0.365 bits per heavy atom. The Labute approximate surface area is 301 Å². The number of benzene rings is 9. The van der Waals surface area contributed by atoms with E-state index < -0.39 is 0 Å². The van der Waals surface area contributed by atoms with Crippen LogP contribution in [0.2, 0.25) is 0 Å².